The minimum absolute atomic E-state index is 0.0273. The number of unbranched alkanes of at least 4 members (excludes halogenated alkanes) is 26. The molecule has 0 aliphatic carbocycles. The number of hydrogen-bond donors (Lipinski definition) is 0. The number of rotatable bonds is 44. The summed E-state index contributed by atoms with van der Waals surface area (Å²) in [6, 6.07) is 0. The van der Waals surface area contributed by atoms with E-state index in [0.29, 0.717) is 24.1 Å². The molecule has 0 bridgehead atoms. The van der Waals surface area contributed by atoms with Gasteiger partial charge in [0.15, 0.2) is 0 Å². The van der Waals surface area contributed by atoms with Crippen molar-refractivity contribution in [2.45, 2.75) is 219 Å². The molecule has 0 amide bonds. The summed E-state index contributed by atoms with van der Waals surface area (Å²) in [5.74, 6) is -0.335. The number of likely N-dealkylation sites (N-methyl/N-ethyl adjacent to an activating group) is 1. The second kappa shape index (κ2) is 40.7. The SMILES string of the molecule is CCCCCCC/C=C\C/C=C\CCCCCCCCCCCC(=O)OC(COCCCCCCCCCCCCCCC)COP(=O)([O-])OCC[N+](C)(C)C. The molecule has 0 N–H and O–H groups in total. The Morgan fingerprint density at radius 3 is 1.45 bits per heavy atom. The van der Waals surface area contributed by atoms with Crippen LogP contribution in [0.1, 0.15) is 213 Å². The zero-order chi connectivity index (χ0) is 41.3. The zero-order valence-corrected chi connectivity index (χ0v) is 38.5. The maximum atomic E-state index is 12.7. The van der Waals surface area contributed by atoms with Gasteiger partial charge in [-0.1, -0.05) is 186 Å². The van der Waals surface area contributed by atoms with Crippen LogP contribution in [-0.2, 0) is 27.9 Å². The Kier molecular flexibility index (Phi) is 40.0. The van der Waals surface area contributed by atoms with Crippen molar-refractivity contribution in [2.75, 3.05) is 54.1 Å². The van der Waals surface area contributed by atoms with Crippen molar-refractivity contribution in [3.8, 4) is 0 Å². The molecule has 2 unspecified atom stereocenters. The molecule has 332 valence electrons. The van der Waals surface area contributed by atoms with Crippen LogP contribution in [0.2, 0.25) is 0 Å². The van der Waals surface area contributed by atoms with Gasteiger partial charge in [-0.25, -0.2) is 0 Å². The fraction of sp³-hybridized carbons (Fsp3) is 0.894. The molecule has 9 heteroatoms. The van der Waals surface area contributed by atoms with Crippen molar-refractivity contribution in [2.24, 2.45) is 0 Å². The Morgan fingerprint density at radius 1 is 0.554 bits per heavy atom. The normalized spacial score (nSPS) is 13.9. The van der Waals surface area contributed by atoms with Crippen molar-refractivity contribution < 1.29 is 37.3 Å². The van der Waals surface area contributed by atoms with E-state index in [4.69, 9.17) is 18.5 Å². The highest BCUT2D eigenvalue weighted by atomic mass is 31.2. The largest absolute Gasteiger partial charge is 0.756 e. The van der Waals surface area contributed by atoms with Crippen LogP contribution in [0.15, 0.2) is 24.3 Å². The molecule has 0 heterocycles. The third kappa shape index (κ3) is 44.1. The molecule has 0 saturated heterocycles. The van der Waals surface area contributed by atoms with Crippen molar-refractivity contribution in [3.05, 3.63) is 24.3 Å². The van der Waals surface area contributed by atoms with E-state index >= 15 is 0 Å². The van der Waals surface area contributed by atoms with Crippen molar-refractivity contribution in [1.82, 2.24) is 0 Å². The van der Waals surface area contributed by atoms with Crippen LogP contribution in [0.3, 0.4) is 0 Å². The van der Waals surface area contributed by atoms with Gasteiger partial charge in [-0.05, 0) is 44.9 Å². The first-order chi connectivity index (χ1) is 27.1. The second-order valence-electron chi connectivity index (χ2n) is 17.1. The summed E-state index contributed by atoms with van der Waals surface area (Å²) in [5.41, 5.74) is 0. The van der Waals surface area contributed by atoms with E-state index in [-0.39, 0.29) is 25.8 Å². The van der Waals surface area contributed by atoms with Crippen LogP contribution < -0.4 is 4.89 Å². The number of ether oxygens (including phenoxy) is 2. The quantitative estimate of drug-likeness (QED) is 0.0199. The van der Waals surface area contributed by atoms with E-state index in [1.165, 1.54) is 154 Å². The predicted molar refractivity (Wildman–Crippen MR) is 236 cm³/mol. The Hall–Kier alpha value is -1.02. The molecule has 0 spiro atoms. The number of allylic oxidation sites excluding steroid dienone is 4. The lowest BCUT2D eigenvalue weighted by Gasteiger charge is -2.28. The Bertz CT molecular complexity index is 951. The number of hydrogen-bond acceptors (Lipinski definition) is 7. The minimum Gasteiger partial charge on any atom is -0.756 e. The number of phosphoric ester groups is 1. The summed E-state index contributed by atoms with van der Waals surface area (Å²) in [4.78, 5) is 25.1. The summed E-state index contributed by atoms with van der Waals surface area (Å²) < 4.78 is 34.6. The van der Waals surface area contributed by atoms with Gasteiger partial charge in [-0.3, -0.25) is 9.36 Å². The zero-order valence-electron chi connectivity index (χ0n) is 37.6. The molecule has 0 aliphatic heterocycles. The minimum atomic E-state index is -4.52. The molecule has 0 aliphatic rings. The van der Waals surface area contributed by atoms with Crippen molar-refractivity contribution in [3.63, 3.8) is 0 Å². The third-order valence-corrected chi connectivity index (χ3v) is 11.2. The number of carbonyl (C=O) groups is 1. The van der Waals surface area contributed by atoms with Gasteiger partial charge in [0.1, 0.15) is 19.3 Å². The molecule has 0 aromatic heterocycles. The van der Waals surface area contributed by atoms with Crippen LogP contribution in [0.25, 0.3) is 0 Å². The number of esters is 1. The van der Waals surface area contributed by atoms with Gasteiger partial charge >= 0.3 is 5.97 Å². The number of phosphoric acid groups is 1. The molecular weight excluding hydrogens is 721 g/mol. The molecule has 0 fully saturated rings. The Labute approximate surface area is 347 Å². The maximum absolute atomic E-state index is 12.7. The van der Waals surface area contributed by atoms with Crippen molar-refractivity contribution >= 4 is 13.8 Å². The highest BCUT2D eigenvalue weighted by Crippen LogP contribution is 2.38. The molecule has 0 rings (SSSR count). The molecule has 0 radical (unpaired) electrons. The van der Waals surface area contributed by atoms with Gasteiger partial charge in [0.05, 0.1) is 34.4 Å². The Morgan fingerprint density at radius 2 is 0.982 bits per heavy atom. The summed E-state index contributed by atoms with van der Waals surface area (Å²) in [7, 11) is 1.36. The first-order valence-electron chi connectivity index (χ1n) is 23.6. The maximum Gasteiger partial charge on any atom is 0.306 e. The first-order valence-corrected chi connectivity index (χ1v) is 25.0. The average Bonchev–Trinajstić information content (AvgIpc) is 3.15. The first kappa shape index (κ1) is 55.0. The highest BCUT2D eigenvalue weighted by molar-refractivity contribution is 7.45. The van der Waals surface area contributed by atoms with E-state index in [0.717, 1.165) is 38.5 Å². The van der Waals surface area contributed by atoms with Gasteiger partial charge in [-0.15, -0.1) is 0 Å². The molecule has 8 nitrogen and oxygen atoms in total. The van der Waals surface area contributed by atoms with Crippen LogP contribution in [0.4, 0.5) is 0 Å². The van der Waals surface area contributed by atoms with E-state index in [9.17, 15) is 14.3 Å². The molecule has 0 saturated carbocycles. The summed E-state index contributed by atoms with van der Waals surface area (Å²) in [6.45, 7) is 5.43. The van der Waals surface area contributed by atoms with Gasteiger partial charge in [0.25, 0.3) is 7.82 Å². The summed E-state index contributed by atoms with van der Waals surface area (Å²) in [6.07, 6.45) is 46.1. The number of carbonyl (C=O) groups excluding carboxylic acids is 1. The van der Waals surface area contributed by atoms with Crippen LogP contribution in [-0.4, -0.2) is 70.7 Å². The molecule has 0 aromatic carbocycles. The standard InChI is InChI=1S/C47H92NO7P/c1-6-8-10-12-14-16-18-20-21-22-23-24-25-26-27-28-30-32-34-36-38-40-47(49)55-46(45-54-56(50,51)53-43-41-48(3,4)5)44-52-42-39-37-35-33-31-29-19-17-15-13-11-9-7-2/h18,20,22-23,46H,6-17,19,21,24-45H2,1-5H3/b20-18-,23-22-. The lowest BCUT2D eigenvalue weighted by Crippen LogP contribution is -2.37. The van der Waals surface area contributed by atoms with E-state index < -0.39 is 13.9 Å². The van der Waals surface area contributed by atoms with Crippen molar-refractivity contribution in [1.29, 1.82) is 0 Å². The number of nitrogens with zero attached hydrogens (tertiary/aromatic N) is 1. The molecule has 2 atom stereocenters. The van der Waals surface area contributed by atoms with Crippen LogP contribution in [0.5, 0.6) is 0 Å². The lowest BCUT2D eigenvalue weighted by atomic mass is 10.0. The second-order valence-corrected chi connectivity index (χ2v) is 18.5. The van der Waals surface area contributed by atoms with E-state index in [2.05, 4.69) is 38.2 Å². The monoisotopic (exact) mass is 814 g/mol. The summed E-state index contributed by atoms with van der Waals surface area (Å²) in [5, 5.41) is 0. The van der Waals surface area contributed by atoms with Crippen LogP contribution in [0, 0.1) is 0 Å². The van der Waals surface area contributed by atoms with Gasteiger partial charge < -0.3 is 27.9 Å². The highest BCUT2D eigenvalue weighted by Gasteiger charge is 2.20. The number of quaternary nitrogens is 1. The van der Waals surface area contributed by atoms with Crippen LogP contribution >= 0.6 is 7.82 Å². The molecule has 56 heavy (non-hydrogen) atoms. The smallest absolute Gasteiger partial charge is 0.306 e. The van der Waals surface area contributed by atoms with Gasteiger partial charge in [0.2, 0.25) is 0 Å². The van der Waals surface area contributed by atoms with E-state index in [1.807, 2.05) is 21.1 Å². The fourth-order valence-corrected chi connectivity index (χ4v) is 7.31. The topological polar surface area (TPSA) is 94.1 Å². The summed E-state index contributed by atoms with van der Waals surface area (Å²) >= 11 is 0. The van der Waals surface area contributed by atoms with E-state index in [1.54, 1.807) is 0 Å². The molecule has 0 aromatic rings. The lowest BCUT2D eigenvalue weighted by molar-refractivity contribution is -0.870. The third-order valence-electron chi connectivity index (χ3n) is 10.3. The molecular formula is C47H92NO7P. The van der Waals surface area contributed by atoms with Gasteiger partial charge in [-0.2, -0.15) is 0 Å². The van der Waals surface area contributed by atoms with Gasteiger partial charge in [0, 0.05) is 13.0 Å². The average molecular weight is 814 g/mol. The fourth-order valence-electron chi connectivity index (χ4n) is 6.58. The predicted octanol–water partition coefficient (Wildman–Crippen LogP) is 13.4. The Balaban J connectivity index is 4.15.